The van der Waals surface area contributed by atoms with E-state index in [9.17, 15) is 4.79 Å². The Balaban J connectivity index is 3.35. The van der Waals surface area contributed by atoms with Gasteiger partial charge in [-0.05, 0) is 19.9 Å². The molecule has 0 aliphatic carbocycles. The second-order valence-corrected chi connectivity index (χ2v) is 3.57. The number of aliphatic carboxylic acids is 1. The van der Waals surface area contributed by atoms with E-state index in [4.69, 9.17) is 16.7 Å². The highest BCUT2D eigenvalue weighted by Crippen LogP contribution is 2.26. The number of hydrogen-bond acceptors (Lipinski definition) is 1. The SMILES string of the molecule is CC(C)=C(C(=O)O)c1ccccc1Cl. The molecule has 0 unspecified atom stereocenters. The summed E-state index contributed by atoms with van der Waals surface area (Å²) in [5.41, 5.74) is 1.59. The van der Waals surface area contributed by atoms with Crippen molar-refractivity contribution in [3.05, 3.63) is 40.4 Å². The van der Waals surface area contributed by atoms with Gasteiger partial charge in [-0.3, -0.25) is 0 Å². The van der Waals surface area contributed by atoms with E-state index < -0.39 is 5.97 Å². The molecular formula is C11H11ClO2. The third-order valence-corrected chi connectivity index (χ3v) is 2.19. The highest BCUT2D eigenvalue weighted by molar-refractivity contribution is 6.34. The lowest BCUT2D eigenvalue weighted by Gasteiger charge is -2.06. The van der Waals surface area contributed by atoms with Crippen LogP contribution in [-0.2, 0) is 4.79 Å². The van der Waals surface area contributed by atoms with Crippen LogP contribution in [0.15, 0.2) is 29.8 Å². The van der Waals surface area contributed by atoms with Crippen molar-refractivity contribution in [3.63, 3.8) is 0 Å². The summed E-state index contributed by atoms with van der Waals surface area (Å²) < 4.78 is 0. The summed E-state index contributed by atoms with van der Waals surface area (Å²) in [5, 5.41) is 9.47. The topological polar surface area (TPSA) is 37.3 Å². The number of carbonyl (C=O) groups is 1. The molecule has 0 aliphatic heterocycles. The second-order valence-electron chi connectivity index (χ2n) is 3.16. The van der Waals surface area contributed by atoms with E-state index >= 15 is 0 Å². The zero-order chi connectivity index (χ0) is 10.7. The van der Waals surface area contributed by atoms with Gasteiger partial charge < -0.3 is 5.11 Å². The highest BCUT2D eigenvalue weighted by atomic mass is 35.5. The van der Waals surface area contributed by atoms with Crippen molar-refractivity contribution in [1.82, 2.24) is 0 Å². The van der Waals surface area contributed by atoms with Crippen LogP contribution in [0.3, 0.4) is 0 Å². The van der Waals surface area contributed by atoms with Gasteiger partial charge in [0.05, 0.1) is 5.57 Å². The minimum Gasteiger partial charge on any atom is -0.478 e. The molecule has 0 aromatic heterocycles. The highest BCUT2D eigenvalue weighted by Gasteiger charge is 2.14. The molecule has 0 radical (unpaired) electrons. The average molecular weight is 211 g/mol. The lowest BCUT2D eigenvalue weighted by atomic mass is 10.0. The van der Waals surface area contributed by atoms with Gasteiger partial charge in [-0.25, -0.2) is 4.79 Å². The number of rotatable bonds is 2. The van der Waals surface area contributed by atoms with Crippen LogP contribution in [0.1, 0.15) is 19.4 Å². The first kappa shape index (κ1) is 10.8. The number of hydrogen-bond donors (Lipinski definition) is 1. The fraction of sp³-hybridized carbons (Fsp3) is 0.182. The van der Waals surface area contributed by atoms with Crippen LogP contribution in [0, 0.1) is 0 Å². The second kappa shape index (κ2) is 4.29. The molecule has 3 heteroatoms. The maximum atomic E-state index is 11.0. The largest absolute Gasteiger partial charge is 0.478 e. The van der Waals surface area contributed by atoms with E-state index in [0.717, 1.165) is 5.57 Å². The summed E-state index contributed by atoms with van der Waals surface area (Å²) in [6, 6.07) is 6.94. The van der Waals surface area contributed by atoms with E-state index in [2.05, 4.69) is 0 Å². The lowest BCUT2D eigenvalue weighted by Crippen LogP contribution is -2.02. The maximum absolute atomic E-state index is 11.0. The summed E-state index contributed by atoms with van der Waals surface area (Å²) in [6.07, 6.45) is 0. The predicted octanol–water partition coefficient (Wildman–Crippen LogP) is 3.22. The molecule has 0 aliphatic rings. The van der Waals surface area contributed by atoms with Gasteiger partial charge in [-0.1, -0.05) is 35.4 Å². The van der Waals surface area contributed by atoms with Crippen LogP contribution < -0.4 is 0 Å². The lowest BCUT2D eigenvalue weighted by molar-refractivity contribution is -0.130. The molecule has 0 saturated carbocycles. The van der Waals surface area contributed by atoms with Crippen molar-refractivity contribution >= 4 is 23.1 Å². The predicted molar refractivity (Wildman–Crippen MR) is 57.4 cm³/mol. The van der Waals surface area contributed by atoms with Gasteiger partial charge in [0, 0.05) is 10.6 Å². The molecule has 14 heavy (non-hydrogen) atoms. The van der Waals surface area contributed by atoms with Gasteiger partial charge in [-0.15, -0.1) is 0 Å². The minimum absolute atomic E-state index is 0.274. The van der Waals surface area contributed by atoms with E-state index in [1.807, 2.05) is 0 Å². The molecule has 1 N–H and O–H groups in total. The monoisotopic (exact) mass is 210 g/mol. The molecule has 0 fully saturated rings. The van der Waals surface area contributed by atoms with Gasteiger partial charge in [-0.2, -0.15) is 0 Å². The Hall–Kier alpha value is -1.28. The quantitative estimate of drug-likeness (QED) is 0.761. The van der Waals surface area contributed by atoms with Gasteiger partial charge >= 0.3 is 5.97 Å². The Morgan fingerprint density at radius 1 is 1.29 bits per heavy atom. The fourth-order valence-electron chi connectivity index (χ4n) is 1.26. The maximum Gasteiger partial charge on any atom is 0.336 e. The van der Waals surface area contributed by atoms with Crippen molar-refractivity contribution < 1.29 is 9.90 Å². The third kappa shape index (κ3) is 2.15. The number of benzene rings is 1. The molecule has 0 amide bonds. The molecule has 1 aromatic rings. The standard InChI is InChI=1S/C11H11ClO2/c1-7(2)10(11(13)14)8-5-3-4-6-9(8)12/h3-6H,1-2H3,(H,13,14). The van der Waals surface area contributed by atoms with Crippen molar-refractivity contribution in [2.45, 2.75) is 13.8 Å². The molecule has 1 rings (SSSR count). The van der Waals surface area contributed by atoms with Gasteiger partial charge in [0.15, 0.2) is 0 Å². The molecule has 0 saturated heterocycles. The number of halogens is 1. The minimum atomic E-state index is -0.946. The van der Waals surface area contributed by atoms with Crippen LogP contribution in [-0.4, -0.2) is 11.1 Å². The van der Waals surface area contributed by atoms with Crippen molar-refractivity contribution in [2.24, 2.45) is 0 Å². The summed E-state index contributed by atoms with van der Waals surface area (Å²) in [7, 11) is 0. The molecule has 0 bridgehead atoms. The molecular weight excluding hydrogens is 200 g/mol. The molecule has 0 spiro atoms. The van der Waals surface area contributed by atoms with Crippen LogP contribution >= 0.6 is 11.6 Å². The first-order chi connectivity index (χ1) is 6.54. The number of carboxylic acids is 1. The van der Waals surface area contributed by atoms with E-state index in [1.165, 1.54) is 0 Å². The summed E-state index contributed by atoms with van der Waals surface area (Å²) in [6.45, 7) is 3.51. The van der Waals surface area contributed by atoms with E-state index in [0.29, 0.717) is 10.6 Å². The van der Waals surface area contributed by atoms with Crippen molar-refractivity contribution in [1.29, 1.82) is 0 Å². The molecule has 74 valence electrons. The van der Waals surface area contributed by atoms with Crippen LogP contribution in [0.5, 0.6) is 0 Å². The third-order valence-electron chi connectivity index (χ3n) is 1.86. The van der Waals surface area contributed by atoms with Crippen molar-refractivity contribution in [2.75, 3.05) is 0 Å². The normalized spacial score (nSPS) is 9.64. The first-order valence-corrected chi connectivity index (χ1v) is 4.57. The summed E-state index contributed by atoms with van der Waals surface area (Å²) >= 11 is 5.91. The molecule has 0 heterocycles. The molecule has 1 aromatic carbocycles. The summed E-state index contributed by atoms with van der Waals surface area (Å²) in [5.74, 6) is -0.946. The first-order valence-electron chi connectivity index (χ1n) is 4.19. The van der Waals surface area contributed by atoms with Gasteiger partial charge in [0.1, 0.15) is 0 Å². The Labute approximate surface area is 87.8 Å². The number of carboxylic acid groups (broad SMARTS) is 1. The summed E-state index contributed by atoms with van der Waals surface area (Å²) in [4.78, 5) is 11.0. The zero-order valence-electron chi connectivity index (χ0n) is 8.04. The van der Waals surface area contributed by atoms with Crippen LogP contribution in [0.25, 0.3) is 5.57 Å². The van der Waals surface area contributed by atoms with Crippen LogP contribution in [0.2, 0.25) is 5.02 Å². The smallest absolute Gasteiger partial charge is 0.336 e. The van der Waals surface area contributed by atoms with E-state index in [1.54, 1.807) is 38.1 Å². The van der Waals surface area contributed by atoms with Crippen molar-refractivity contribution in [3.8, 4) is 0 Å². The van der Waals surface area contributed by atoms with Gasteiger partial charge in [0.2, 0.25) is 0 Å². The molecule has 0 atom stereocenters. The average Bonchev–Trinajstić information content (AvgIpc) is 2.07. The Kier molecular flexibility index (Phi) is 3.31. The fourth-order valence-corrected chi connectivity index (χ4v) is 1.49. The Morgan fingerprint density at radius 2 is 1.86 bits per heavy atom. The van der Waals surface area contributed by atoms with E-state index in [-0.39, 0.29) is 5.57 Å². The Bertz CT molecular complexity index is 390. The van der Waals surface area contributed by atoms with Crippen LogP contribution in [0.4, 0.5) is 0 Å². The zero-order valence-corrected chi connectivity index (χ0v) is 8.80. The molecule has 2 nitrogen and oxygen atoms in total. The Morgan fingerprint density at radius 3 is 2.29 bits per heavy atom. The number of allylic oxidation sites excluding steroid dienone is 1. The van der Waals surface area contributed by atoms with Gasteiger partial charge in [0.25, 0.3) is 0 Å².